The summed E-state index contributed by atoms with van der Waals surface area (Å²) in [4.78, 5) is 0. The smallest absolute Gasteiger partial charge is 0.0666 e. The van der Waals surface area contributed by atoms with Crippen molar-refractivity contribution >= 4 is 15.9 Å². The van der Waals surface area contributed by atoms with Gasteiger partial charge in [-0.2, -0.15) is 5.26 Å². The lowest BCUT2D eigenvalue weighted by molar-refractivity contribution is 0.508. The molecule has 0 aliphatic rings. The molecule has 0 fully saturated rings. The van der Waals surface area contributed by atoms with Crippen LogP contribution in [-0.2, 0) is 6.42 Å². The minimum absolute atomic E-state index is 0.0763. The highest BCUT2D eigenvalue weighted by molar-refractivity contribution is 9.10. The quantitative estimate of drug-likeness (QED) is 0.900. The zero-order valence-electron chi connectivity index (χ0n) is 9.70. The van der Waals surface area contributed by atoms with Crippen LogP contribution in [0.25, 0.3) is 0 Å². The lowest BCUT2D eigenvalue weighted by Crippen LogP contribution is -2.31. The van der Waals surface area contributed by atoms with Crippen LogP contribution in [0.15, 0.2) is 28.7 Å². The van der Waals surface area contributed by atoms with Crippen molar-refractivity contribution in [2.24, 2.45) is 5.92 Å². The second kappa shape index (κ2) is 6.67. The summed E-state index contributed by atoms with van der Waals surface area (Å²) in [5, 5.41) is 12.0. The van der Waals surface area contributed by atoms with E-state index in [4.69, 9.17) is 5.26 Å². The monoisotopic (exact) mass is 280 g/mol. The first-order chi connectivity index (χ1) is 7.61. The van der Waals surface area contributed by atoms with Gasteiger partial charge in [-0.05, 0) is 38.0 Å². The minimum atomic E-state index is 0.0763. The number of halogens is 1. The van der Waals surface area contributed by atoms with Gasteiger partial charge in [0.1, 0.15) is 0 Å². The second-order valence-corrected chi connectivity index (χ2v) is 5.09. The lowest BCUT2D eigenvalue weighted by Gasteiger charge is -2.14. The molecule has 2 nitrogen and oxygen atoms in total. The maximum atomic E-state index is 8.67. The van der Waals surface area contributed by atoms with Crippen LogP contribution >= 0.6 is 15.9 Å². The van der Waals surface area contributed by atoms with E-state index in [9.17, 15) is 0 Å². The molecular weight excluding hydrogens is 264 g/mol. The third-order valence-corrected chi connectivity index (χ3v) is 2.98. The van der Waals surface area contributed by atoms with Gasteiger partial charge in [-0.3, -0.25) is 0 Å². The molecule has 3 heteroatoms. The van der Waals surface area contributed by atoms with Gasteiger partial charge < -0.3 is 5.32 Å². The predicted octanol–water partition coefficient (Wildman–Crippen LogP) is 3.13. The van der Waals surface area contributed by atoms with Crippen molar-refractivity contribution in [2.45, 2.75) is 26.3 Å². The van der Waals surface area contributed by atoms with Crippen LogP contribution in [0.2, 0.25) is 0 Å². The van der Waals surface area contributed by atoms with Gasteiger partial charge in [0.2, 0.25) is 0 Å². The topological polar surface area (TPSA) is 35.8 Å². The Labute approximate surface area is 106 Å². The van der Waals surface area contributed by atoms with Gasteiger partial charge in [0.25, 0.3) is 0 Å². The number of nitrogens with zero attached hydrogens (tertiary/aromatic N) is 1. The van der Waals surface area contributed by atoms with Crippen LogP contribution in [0, 0.1) is 17.2 Å². The van der Waals surface area contributed by atoms with E-state index in [0.29, 0.717) is 6.04 Å². The fourth-order valence-electron chi connectivity index (χ4n) is 1.47. The molecule has 86 valence electrons. The Balaban J connectivity index is 2.37. The maximum absolute atomic E-state index is 8.67. The summed E-state index contributed by atoms with van der Waals surface area (Å²) in [6.45, 7) is 4.83. The van der Waals surface area contributed by atoms with Gasteiger partial charge in [-0.1, -0.05) is 28.1 Å². The molecule has 16 heavy (non-hydrogen) atoms. The number of hydrogen-bond acceptors (Lipinski definition) is 2. The molecule has 0 aliphatic carbocycles. The molecule has 0 amide bonds. The molecule has 1 aromatic carbocycles. The number of benzene rings is 1. The Morgan fingerprint density at radius 2 is 1.94 bits per heavy atom. The van der Waals surface area contributed by atoms with Crippen LogP contribution in [-0.4, -0.2) is 12.6 Å². The fourth-order valence-corrected chi connectivity index (χ4v) is 1.73. The van der Waals surface area contributed by atoms with Crippen molar-refractivity contribution in [3.8, 4) is 6.07 Å². The van der Waals surface area contributed by atoms with Crippen LogP contribution in [0.4, 0.5) is 0 Å². The van der Waals surface area contributed by atoms with Crippen LogP contribution in [0.5, 0.6) is 0 Å². The molecule has 2 unspecified atom stereocenters. The van der Waals surface area contributed by atoms with E-state index in [1.54, 1.807) is 0 Å². The van der Waals surface area contributed by atoms with E-state index in [2.05, 4.69) is 58.5 Å². The van der Waals surface area contributed by atoms with Gasteiger partial charge in [0.05, 0.1) is 12.0 Å². The third kappa shape index (κ3) is 4.78. The molecule has 0 radical (unpaired) electrons. The molecule has 0 spiro atoms. The first-order valence-electron chi connectivity index (χ1n) is 5.49. The molecule has 1 N–H and O–H groups in total. The Kier molecular flexibility index (Phi) is 5.51. The number of nitrogens with one attached hydrogen (secondary N) is 1. The normalized spacial score (nSPS) is 14.1. The standard InChI is InChI=1S/C13H17BrN2/c1-10(8-15)9-16-11(2)7-12-3-5-13(14)6-4-12/h3-6,10-11,16H,7,9H2,1-2H3. The van der Waals surface area contributed by atoms with Crippen molar-refractivity contribution in [2.75, 3.05) is 6.54 Å². The maximum Gasteiger partial charge on any atom is 0.0666 e. The van der Waals surface area contributed by atoms with Gasteiger partial charge in [0.15, 0.2) is 0 Å². The first-order valence-corrected chi connectivity index (χ1v) is 6.28. The van der Waals surface area contributed by atoms with Gasteiger partial charge in [-0.25, -0.2) is 0 Å². The molecule has 0 aliphatic heterocycles. The summed E-state index contributed by atoms with van der Waals surface area (Å²) >= 11 is 3.42. The largest absolute Gasteiger partial charge is 0.313 e. The highest BCUT2D eigenvalue weighted by atomic mass is 79.9. The van der Waals surface area contributed by atoms with Crippen molar-refractivity contribution in [1.82, 2.24) is 5.32 Å². The van der Waals surface area contributed by atoms with Crippen LogP contribution in [0.1, 0.15) is 19.4 Å². The van der Waals surface area contributed by atoms with Gasteiger partial charge in [-0.15, -0.1) is 0 Å². The highest BCUT2D eigenvalue weighted by Gasteiger charge is 2.05. The number of nitriles is 1. The van der Waals surface area contributed by atoms with Crippen molar-refractivity contribution in [3.05, 3.63) is 34.3 Å². The van der Waals surface area contributed by atoms with Crippen LogP contribution < -0.4 is 5.32 Å². The van der Waals surface area contributed by atoms with E-state index < -0.39 is 0 Å². The lowest BCUT2D eigenvalue weighted by atomic mass is 10.1. The Bertz CT molecular complexity index is 353. The van der Waals surface area contributed by atoms with E-state index in [-0.39, 0.29) is 5.92 Å². The zero-order chi connectivity index (χ0) is 12.0. The van der Waals surface area contributed by atoms with E-state index in [1.807, 2.05) is 6.92 Å². The molecule has 0 bridgehead atoms. The molecule has 0 heterocycles. The first kappa shape index (κ1) is 13.2. The second-order valence-electron chi connectivity index (χ2n) is 4.17. The molecule has 1 rings (SSSR count). The average molecular weight is 281 g/mol. The highest BCUT2D eigenvalue weighted by Crippen LogP contribution is 2.11. The fraction of sp³-hybridized carbons (Fsp3) is 0.462. The summed E-state index contributed by atoms with van der Waals surface area (Å²) in [5.74, 6) is 0.0763. The summed E-state index contributed by atoms with van der Waals surface area (Å²) in [6, 6.07) is 11.0. The van der Waals surface area contributed by atoms with Crippen molar-refractivity contribution < 1.29 is 0 Å². The van der Waals surface area contributed by atoms with Crippen molar-refractivity contribution in [1.29, 1.82) is 5.26 Å². The van der Waals surface area contributed by atoms with E-state index in [1.165, 1.54) is 5.56 Å². The van der Waals surface area contributed by atoms with Gasteiger partial charge in [0, 0.05) is 17.1 Å². The molecule has 0 saturated heterocycles. The Morgan fingerprint density at radius 1 is 1.31 bits per heavy atom. The number of rotatable bonds is 5. The minimum Gasteiger partial charge on any atom is -0.313 e. The van der Waals surface area contributed by atoms with Crippen molar-refractivity contribution in [3.63, 3.8) is 0 Å². The van der Waals surface area contributed by atoms with Crippen LogP contribution in [0.3, 0.4) is 0 Å². The summed E-state index contributed by atoms with van der Waals surface area (Å²) in [7, 11) is 0. The summed E-state index contributed by atoms with van der Waals surface area (Å²) in [6.07, 6.45) is 0.991. The van der Waals surface area contributed by atoms with E-state index >= 15 is 0 Å². The predicted molar refractivity (Wildman–Crippen MR) is 70.1 cm³/mol. The summed E-state index contributed by atoms with van der Waals surface area (Å²) in [5.41, 5.74) is 1.31. The van der Waals surface area contributed by atoms with Gasteiger partial charge >= 0.3 is 0 Å². The third-order valence-electron chi connectivity index (χ3n) is 2.45. The number of hydrogen-bond donors (Lipinski definition) is 1. The molecule has 0 aromatic heterocycles. The Morgan fingerprint density at radius 3 is 2.50 bits per heavy atom. The average Bonchev–Trinajstić information content (AvgIpc) is 2.29. The van der Waals surface area contributed by atoms with E-state index in [0.717, 1.165) is 17.4 Å². The SMILES string of the molecule is CC(C#N)CNC(C)Cc1ccc(Br)cc1. The Hall–Kier alpha value is -0.850. The summed E-state index contributed by atoms with van der Waals surface area (Å²) < 4.78 is 1.11. The molecular formula is C13H17BrN2. The zero-order valence-corrected chi connectivity index (χ0v) is 11.3. The molecule has 2 atom stereocenters. The molecule has 1 aromatic rings. The molecule has 0 saturated carbocycles.